The molecule has 0 radical (unpaired) electrons. The van der Waals surface area contributed by atoms with Crippen molar-refractivity contribution in [2.24, 2.45) is 0 Å². The minimum atomic E-state index is -0.482. The molecule has 0 saturated heterocycles. The Balaban J connectivity index is 1.99. The topological polar surface area (TPSA) is 51.3 Å². The summed E-state index contributed by atoms with van der Waals surface area (Å²) in [5.74, 6) is 0.0358. The predicted octanol–water partition coefficient (Wildman–Crippen LogP) is 6.14. The van der Waals surface area contributed by atoms with Gasteiger partial charge < -0.3 is 14.5 Å². The van der Waals surface area contributed by atoms with Crippen molar-refractivity contribution in [1.29, 1.82) is 0 Å². The Bertz CT molecular complexity index is 459. The summed E-state index contributed by atoms with van der Waals surface area (Å²) < 4.78 is 10.3. The highest BCUT2D eigenvalue weighted by atomic mass is 35.5. The number of hydrogen-bond donors (Lipinski definition) is 1. The summed E-state index contributed by atoms with van der Waals surface area (Å²) in [5, 5.41) is 0.296. The largest absolute Gasteiger partial charge is 0.490 e. The highest BCUT2D eigenvalue weighted by molar-refractivity contribution is 6.34. The van der Waals surface area contributed by atoms with Gasteiger partial charge in [-0.2, -0.15) is 0 Å². The summed E-state index contributed by atoms with van der Waals surface area (Å²) >= 11 is 6.08. The van der Waals surface area contributed by atoms with E-state index in [1.54, 1.807) is 6.20 Å². The van der Waals surface area contributed by atoms with E-state index in [1.165, 1.54) is 71.3 Å². The van der Waals surface area contributed by atoms with Gasteiger partial charge in [0.1, 0.15) is 10.7 Å². The van der Waals surface area contributed by atoms with Crippen molar-refractivity contribution in [3.8, 4) is 5.75 Å². The van der Waals surface area contributed by atoms with Crippen molar-refractivity contribution in [3.05, 3.63) is 16.9 Å². The lowest BCUT2D eigenvalue weighted by Gasteiger charge is -2.05. The lowest BCUT2D eigenvalue weighted by atomic mass is 10.1. The smallest absolute Gasteiger partial charge is 0.356 e. The number of aromatic amines is 1. The van der Waals surface area contributed by atoms with E-state index in [0.29, 0.717) is 17.4 Å². The van der Waals surface area contributed by atoms with Crippen LogP contribution in [0.1, 0.15) is 88.0 Å². The van der Waals surface area contributed by atoms with Gasteiger partial charge in [-0.1, -0.05) is 82.7 Å². The second kappa shape index (κ2) is 13.2. The fourth-order valence-electron chi connectivity index (χ4n) is 2.69. The molecule has 5 heteroatoms. The van der Waals surface area contributed by atoms with Crippen LogP contribution in [0.2, 0.25) is 5.02 Å². The number of unbranched alkanes of at least 4 members (excludes halogenated alkanes) is 10. The first-order chi connectivity index (χ1) is 11.7. The summed E-state index contributed by atoms with van der Waals surface area (Å²) in [4.78, 5) is 14.2. The molecule has 1 aromatic rings. The van der Waals surface area contributed by atoms with Crippen LogP contribution < -0.4 is 4.74 Å². The Morgan fingerprint density at radius 1 is 1.00 bits per heavy atom. The predicted molar refractivity (Wildman–Crippen MR) is 99.1 cm³/mol. The van der Waals surface area contributed by atoms with E-state index in [-0.39, 0.29) is 5.69 Å². The molecule has 0 aliphatic rings. The molecule has 1 N–H and O–H groups in total. The van der Waals surface area contributed by atoms with E-state index in [0.717, 1.165) is 6.42 Å². The molecular formula is C19H32ClNO3. The molecule has 0 aliphatic carbocycles. The second-order valence-corrected chi connectivity index (χ2v) is 6.60. The van der Waals surface area contributed by atoms with Crippen LogP contribution in [0.15, 0.2) is 6.20 Å². The van der Waals surface area contributed by atoms with Crippen LogP contribution >= 0.6 is 11.6 Å². The van der Waals surface area contributed by atoms with Gasteiger partial charge in [0.25, 0.3) is 0 Å². The van der Waals surface area contributed by atoms with Gasteiger partial charge in [-0.15, -0.1) is 0 Å². The number of hydrogen-bond acceptors (Lipinski definition) is 3. The number of aromatic nitrogens is 1. The van der Waals surface area contributed by atoms with E-state index in [4.69, 9.17) is 16.3 Å². The number of H-pyrrole nitrogens is 1. The third-order valence-corrected chi connectivity index (χ3v) is 4.55. The standard InChI is InChI=1S/C19H32ClNO3/c1-3-4-5-6-7-8-9-10-11-12-13-14-24-16-15-21-18(17(16)20)19(22)23-2/h15,21H,3-14H2,1-2H3. The molecule has 0 saturated carbocycles. The number of rotatable bonds is 14. The van der Waals surface area contributed by atoms with Crippen LogP contribution in [-0.2, 0) is 4.74 Å². The minimum Gasteiger partial charge on any atom is -0.490 e. The summed E-state index contributed by atoms with van der Waals surface area (Å²) in [5.41, 5.74) is 0.244. The number of esters is 1. The SMILES string of the molecule is CCCCCCCCCCCCCOc1c[nH]c(C(=O)OC)c1Cl. The zero-order valence-corrected chi connectivity index (χ0v) is 15.9. The Hall–Kier alpha value is -1.16. The number of ether oxygens (including phenoxy) is 2. The number of carbonyl (C=O) groups is 1. The summed E-state index contributed by atoms with van der Waals surface area (Å²) in [6.45, 7) is 2.88. The molecule has 0 bridgehead atoms. The molecule has 4 nitrogen and oxygen atoms in total. The van der Waals surface area contributed by atoms with Crippen molar-refractivity contribution in [2.75, 3.05) is 13.7 Å². The maximum atomic E-state index is 11.4. The van der Waals surface area contributed by atoms with E-state index < -0.39 is 5.97 Å². The fraction of sp³-hybridized carbons (Fsp3) is 0.737. The Kier molecular flexibility index (Phi) is 11.5. The zero-order chi connectivity index (χ0) is 17.6. The Morgan fingerprint density at radius 3 is 2.08 bits per heavy atom. The van der Waals surface area contributed by atoms with Crippen LogP contribution in [0, 0.1) is 0 Å². The van der Waals surface area contributed by atoms with Gasteiger partial charge in [0.15, 0.2) is 5.75 Å². The monoisotopic (exact) mass is 357 g/mol. The third-order valence-electron chi connectivity index (χ3n) is 4.18. The lowest BCUT2D eigenvalue weighted by Crippen LogP contribution is -2.02. The molecule has 0 aromatic carbocycles. The molecule has 0 unspecified atom stereocenters. The molecule has 1 rings (SSSR count). The number of halogens is 1. The number of methoxy groups -OCH3 is 1. The van der Waals surface area contributed by atoms with Crippen molar-refractivity contribution in [2.45, 2.75) is 77.6 Å². The van der Waals surface area contributed by atoms with Gasteiger partial charge in [-0.25, -0.2) is 4.79 Å². The molecule has 0 aliphatic heterocycles. The normalized spacial score (nSPS) is 10.8. The molecule has 0 fully saturated rings. The van der Waals surface area contributed by atoms with E-state index in [1.807, 2.05) is 0 Å². The van der Waals surface area contributed by atoms with Gasteiger partial charge in [0.05, 0.1) is 13.7 Å². The molecular weight excluding hydrogens is 326 g/mol. The molecule has 0 amide bonds. The van der Waals surface area contributed by atoms with Crippen molar-refractivity contribution < 1.29 is 14.3 Å². The van der Waals surface area contributed by atoms with Gasteiger partial charge in [0.2, 0.25) is 0 Å². The van der Waals surface area contributed by atoms with Gasteiger partial charge in [0, 0.05) is 6.20 Å². The molecule has 1 heterocycles. The first kappa shape index (κ1) is 20.9. The number of nitrogens with one attached hydrogen (secondary N) is 1. The van der Waals surface area contributed by atoms with Crippen molar-refractivity contribution in [3.63, 3.8) is 0 Å². The lowest BCUT2D eigenvalue weighted by molar-refractivity contribution is 0.0595. The first-order valence-corrected chi connectivity index (χ1v) is 9.66. The maximum Gasteiger partial charge on any atom is 0.356 e. The number of carbonyl (C=O) groups excluding carboxylic acids is 1. The van der Waals surface area contributed by atoms with Gasteiger partial charge in [-0.3, -0.25) is 0 Å². The van der Waals surface area contributed by atoms with Gasteiger partial charge in [-0.05, 0) is 6.42 Å². The van der Waals surface area contributed by atoms with E-state index in [2.05, 4.69) is 16.6 Å². The van der Waals surface area contributed by atoms with Crippen LogP contribution in [0.25, 0.3) is 0 Å². The average Bonchev–Trinajstić information content (AvgIpc) is 2.96. The van der Waals surface area contributed by atoms with Gasteiger partial charge >= 0.3 is 5.97 Å². The van der Waals surface area contributed by atoms with Crippen LogP contribution in [0.4, 0.5) is 0 Å². The molecule has 0 spiro atoms. The maximum absolute atomic E-state index is 11.4. The fourth-order valence-corrected chi connectivity index (χ4v) is 2.93. The summed E-state index contributed by atoms with van der Waals surface area (Å²) in [7, 11) is 1.32. The second-order valence-electron chi connectivity index (χ2n) is 6.22. The van der Waals surface area contributed by atoms with E-state index in [9.17, 15) is 4.79 Å². The minimum absolute atomic E-state index is 0.244. The van der Waals surface area contributed by atoms with Crippen molar-refractivity contribution in [1.82, 2.24) is 4.98 Å². The van der Waals surface area contributed by atoms with Crippen LogP contribution in [0.3, 0.4) is 0 Å². The molecule has 24 heavy (non-hydrogen) atoms. The Morgan fingerprint density at radius 2 is 1.54 bits per heavy atom. The quantitative estimate of drug-likeness (QED) is 0.321. The first-order valence-electron chi connectivity index (χ1n) is 9.28. The zero-order valence-electron chi connectivity index (χ0n) is 15.2. The summed E-state index contributed by atoms with van der Waals surface area (Å²) in [6, 6.07) is 0. The van der Waals surface area contributed by atoms with Crippen LogP contribution in [-0.4, -0.2) is 24.7 Å². The average molecular weight is 358 g/mol. The summed E-state index contributed by atoms with van der Waals surface area (Å²) in [6.07, 6.45) is 15.9. The molecule has 138 valence electrons. The molecule has 1 aromatic heterocycles. The third kappa shape index (κ3) is 8.09. The Labute approximate surface area is 151 Å². The van der Waals surface area contributed by atoms with Crippen molar-refractivity contribution >= 4 is 17.6 Å². The highest BCUT2D eigenvalue weighted by Gasteiger charge is 2.17. The van der Waals surface area contributed by atoms with Crippen LogP contribution in [0.5, 0.6) is 5.75 Å². The highest BCUT2D eigenvalue weighted by Crippen LogP contribution is 2.28. The molecule has 0 atom stereocenters. The van der Waals surface area contributed by atoms with E-state index >= 15 is 0 Å².